The number of ether oxygens (including phenoxy) is 2. The second-order valence-electron chi connectivity index (χ2n) is 6.56. The second-order valence-corrected chi connectivity index (χ2v) is 7.00. The molecule has 0 radical (unpaired) electrons. The molecule has 1 N–H and O–H groups in total. The van der Waals surface area contributed by atoms with Crippen LogP contribution < -0.4 is 4.74 Å². The first-order valence-corrected chi connectivity index (χ1v) is 8.04. The van der Waals surface area contributed by atoms with E-state index in [1.807, 2.05) is 13.8 Å². The summed E-state index contributed by atoms with van der Waals surface area (Å²) < 4.78 is 10.9. The van der Waals surface area contributed by atoms with Crippen LogP contribution in [-0.4, -0.2) is 46.9 Å². The molecule has 1 aromatic rings. The molecule has 0 saturated carbocycles. The summed E-state index contributed by atoms with van der Waals surface area (Å²) in [5, 5.41) is 9.54. The van der Waals surface area contributed by atoms with Crippen molar-refractivity contribution < 1.29 is 24.2 Å². The van der Waals surface area contributed by atoms with Crippen LogP contribution in [0, 0.1) is 0 Å². The highest BCUT2D eigenvalue weighted by Crippen LogP contribution is 2.23. The third-order valence-electron chi connectivity index (χ3n) is 3.02. The van der Waals surface area contributed by atoms with Crippen LogP contribution >= 0.6 is 11.6 Å². The van der Waals surface area contributed by atoms with E-state index in [2.05, 4.69) is 0 Å². The zero-order valence-electron chi connectivity index (χ0n) is 14.6. The van der Waals surface area contributed by atoms with Crippen molar-refractivity contribution in [3.8, 4) is 5.75 Å². The lowest BCUT2D eigenvalue weighted by atomic mass is 10.2. The average molecular weight is 358 g/mol. The summed E-state index contributed by atoms with van der Waals surface area (Å²) in [6.07, 6.45) is -0.439. The summed E-state index contributed by atoms with van der Waals surface area (Å²) in [5.74, 6) is -0.933. The Balaban J connectivity index is 2.75. The number of carbonyl (C=O) groups excluding carboxylic acids is 1. The molecule has 0 heterocycles. The van der Waals surface area contributed by atoms with E-state index in [1.165, 1.54) is 23.1 Å². The number of amides is 1. The van der Waals surface area contributed by atoms with E-state index in [9.17, 15) is 9.59 Å². The van der Waals surface area contributed by atoms with Gasteiger partial charge in [-0.25, -0.2) is 9.59 Å². The van der Waals surface area contributed by atoms with Crippen molar-refractivity contribution in [2.75, 3.05) is 13.2 Å². The fourth-order valence-corrected chi connectivity index (χ4v) is 2.09. The van der Waals surface area contributed by atoms with Crippen molar-refractivity contribution in [1.82, 2.24) is 4.90 Å². The van der Waals surface area contributed by atoms with Crippen molar-refractivity contribution in [1.29, 1.82) is 0 Å². The largest absolute Gasteiger partial charge is 0.491 e. The van der Waals surface area contributed by atoms with Crippen molar-refractivity contribution >= 4 is 23.7 Å². The molecule has 1 aromatic carbocycles. The highest BCUT2D eigenvalue weighted by molar-refractivity contribution is 6.30. The number of nitrogens with zero attached hydrogens (tertiary/aromatic N) is 1. The molecule has 0 aliphatic heterocycles. The summed E-state index contributed by atoms with van der Waals surface area (Å²) in [7, 11) is 0. The first-order chi connectivity index (χ1) is 11.0. The number of carbonyl (C=O) groups is 2. The molecule has 0 saturated heterocycles. The quantitative estimate of drug-likeness (QED) is 0.830. The topological polar surface area (TPSA) is 76.1 Å². The van der Waals surface area contributed by atoms with Crippen LogP contribution in [0.2, 0.25) is 5.02 Å². The van der Waals surface area contributed by atoms with E-state index in [0.717, 1.165) is 0 Å². The smallest absolute Gasteiger partial charge is 0.410 e. The normalized spacial score (nSPS) is 11.3. The second kappa shape index (κ2) is 8.24. The zero-order chi connectivity index (χ0) is 18.5. The molecular formula is C17H24ClNO5. The summed E-state index contributed by atoms with van der Waals surface area (Å²) >= 11 is 5.88. The standard InChI is InChI=1S/C17H24ClNO5/c1-11(2)19(16(22)24-17(3,4)5)8-9-23-14-10-12(18)6-7-13(14)15(20)21/h6-7,10-11H,8-9H2,1-5H3,(H,20,21). The first kappa shape index (κ1) is 20.1. The van der Waals surface area contributed by atoms with Gasteiger partial charge in [0.15, 0.2) is 0 Å². The van der Waals surface area contributed by atoms with Crippen molar-refractivity contribution in [3.05, 3.63) is 28.8 Å². The van der Waals surface area contributed by atoms with Gasteiger partial charge in [0, 0.05) is 11.1 Å². The first-order valence-electron chi connectivity index (χ1n) is 7.66. The fourth-order valence-electron chi connectivity index (χ4n) is 1.93. The van der Waals surface area contributed by atoms with Crippen LogP contribution in [0.4, 0.5) is 4.79 Å². The average Bonchev–Trinajstić information content (AvgIpc) is 2.40. The van der Waals surface area contributed by atoms with Gasteiger partial charge in [-0.1, -0.05) is 11.6 Å². The molecule has 0 unspecified atom stereocenters. The number of aromatic carboxylic acids is 1. The van der Waals surface area contributed by atoms with Crippen molar-refractivity contribution in [3.63, 3.8) is 0 Å². The molecule has 0 bridgehead atoms. The Labute approximate surface area is 147 Å². The maximum absolute atomic E-state index is 12.2. The van der Waals surface area contributed by atoms with Gasteiger partial charge < -0.3 is 19.5 Å². The van der Waals surface area contributed by atoms with Gasteiger partial charge in [-0.05, 0) is 52.8 Å². The Bertz CT molecular complexity index is 595. The van der Waals surface area contributed by atoms with E-state index < -0.39 is 17.7 Å². The molecule has 0 spiro atoms. The van der Waals surface area contributed by atoms with Crippen LogP contribution in [0.5, 0.6) is 5.75 Å². The van der Waals surface area contributed by atoms with Gasteiger partial charge in [0.25, 0.3) is 0 Å². The predicted molar refractivity (Wildman–Crippen MR) is 92.0 cm³/mol. The molecule has 0 atom stereocenters. The summed E-state index contributed by atoms with van der Waals surface area (Å²) in [5.41, 5.74) is -0.568. The van der Waals surface area contributed by atoms with Gasteiger partial charge in [0.2, 0.25) is 0 Å². The number of carboxylic acid groups (broad SMARTS) is 1. The molecule has 0 fully saturated rings. The lowest BCUT2D eigenvalue weighted by Crippen LogP contribution is -2.43. The number of benzene rings is 1. The third kappa shape index (κ3) is 6.28. The van der Waals surface area contributed by atoms with Crippen LogP contribution in [0.1, 0.15) is 45.0 Å². The van der Waals surface area contributed by atoms with E-state index in [4.69, 9.17) is 26.2 Å². The lowest BCUT2D eigenvalue weighted by Gasteiger charge is -2.30. The molecule has 24 heavy (non-hydrogen) atoms. The molecule has 6 nitrogen and oxygen atoms in total. The Morgan fingerprint density at radius 2 is 1.92 bits per heavy atom. The predicted octanol–water partition coefficient (Wildman–Crippen LogP) is 4.06. The zero-order valence-corrected chi connectivity index (χ0v) is 15.4. The SMILES string of the molecule is CC(C)N(CCOc1cc(Cl)ccc1C(=O)O)C(=O)OC(C)(C)C. The Morgan fingerprint density at radius 1 is 1.29 bits per heavy atom. The van der Waals surface area contributed by atoms with Crippen molar-refractivity contribution in [2.45, 2.75) is 46.3 Å². The van der Waals surface area contributed by atoms with Crippen LogP contribution in [0.3, 0.4) is 0 Å². The number of hydrogen-bond acceptors (Lipinski definition) is 4. The Kier molecular flexibility index (Phi) is 6.90. The highest BCUT2D eigenvalue weighted by atomic mass is 35.5. The third-order valence-corrected chi connectivity index (χ3v) is 3.25. The van der Waals surface area contributed by atoms with E-state index in [1.54, 1.807) is 20.8 Å². The molecule has 134 valence electrons. The van der Waals surface area contributed by atoms with E-state index >= 15 is 0 Å². The van der Waals surface area contributed by atoms with Gasteiger partial charge in [0.05, 0.1) is 6.54 Å². The number of carboxylic acids is 1. The van der Waals surface area contributed by atoms with Gasteiger partial charge in [-0.15, -0.1) is 0 Å². The molecule has 7 heteroatoms. The van der Waals surface area contributed by atoms with Gasteiger partial charge in [0.1, 0.15) is 23.5 Å². The van der Waals surface area contributed by atoms with E-state index in [-0.39, 0.29) is 30.5 Å². The maximum atomic E-state index is 12.2. The van der Waals surface area contributed by atoms with Gasteiger partial charge in [-0.3, -0.25) is 0 Å². The van der Waals surface area contributed by atoms with E-state index in [0.29, 0.717) is 5.02 Å². The lowest BCUT2D eigenvalue weighted by molar-refractivity contribution is 0.0163. The molecular weight excluding hydrogens is 334 g/mol. The Hall–Kier alpha value is -1.95. The van der Waals surface area contributed by atoms with Gasteiger partial charge >= 0.3 is 12.1 Å². The van der Waals surface area contributed by atoms with Gasteiger partial charge in [-0.2, -0.15) is 0 Å². The molecule has 1 rings (SSSR count). The summed E-state index contributed by atoms with van der Waals surface area (Å²) in [6, 6.07) is 4.23. The molecule has 0 aromatic heterocycles. The minimum absolute atomic E-state index is 0.0211. The molecule has 1 amide bonds. The van der Waals surface area contributed by atoms with Crippen molar-refractivity contribution in [2.24, 2.45) is 0 Å². The van der Waals surface area contributed by atoms with Crippen LogP contribution in [0.15, 0.2) is 18.2 Å². The van der Waals surface area contributed by atoms with Crippen LogP contribution in [-0.2, 0) is 4.74 Å². The summed E-state index contributed by atoms with van der Waals surface area (Å²) in [4.78, 5) is 24.9. The minimum atomic E-state index is -1.10. The Morgan fingerprint density at radius 3 is 2.42 bits per heavy atom. The molecule has 0 aliphatic carbocycles. The number of halogens is 1. The monoisotopic (exact) mass is 357 g/mol. The minimum Gasteiger partial charge on any atom is -0.491 e. The number of rotatable bonds is 6. The number of hydrogen-bond donors (Lipinski definition) is 1. The van der Waals surface area contributed by atoms with Crippen LogP contribution in [0.25, 0.3) is 0 Å². The maximum Gasteiger partial charge on any atom is 0.410 e. The fraction of sp³-hybridized carbons (Fsp3) is 0.529. The highest BCUT2D eigenvalue weighted by Gasteiger charge is 2.24. The molecule has 0 aliphatic rings. The summed E-state index contributed by atoms with van der Waals surface area (Å²) in [6.45, 7) is 9.51.